The maximum absolute atomic E-state index is 14.2. The number of unbranched alkanes of at least 4 members (excludes halogenated alkanes) is 2. The molecule has 33 heteroatoms. The van der Waals surface area contributed by atoms with Crippen molar-refractivity contribution in [1.82, 2.24) is 53.2 Å². The molecule has 12 amide bonds. The highest BCUT2D eigenvalue weighted by atomic mass is 16.3. The van der Waals surface area contributed by atoms with E-state index in [1.165, 1.54) is 25.5 Å². The molecule has 0 unspecified atom stereocenters. The van der Waals surface area contributed by atoms with Gasteiger partial charge >= 0.3 is 0 Å². The molecule has 1 aromatic heterocycles. The van der Waals surface area contributed by atoms with Crippen LogP contribution >= 0.6 is 0 Å². The van der Waals surface area contributed by atoms with Gasteiger partial charge < -0.3 is 107 Å². The average Bonchev–Trinajstić information content (AvgIpc) is 3.94. The summed E-state index contributed by atoms with van der Waals surface area (Å²) in [5.41, 5.74) is 32.9. The van der Waals surface area contributed by atoms with Gasteiger partial charge in [0.25, 0.3) is 5.91 Å². The number of hydrogen-bond donors (Lipinski definition) is 19. The number of primary amides is 2. The van der Waals surface area contributed by atoms with Crippen molar-refractivity contribution in [3.05, 3.63) is 24.2 Å². The van der Waals surface area contributed by atoms with Gasteiger partial charge in [0.05, 0.1) is 49.8 Å². The zero-order valence-electron chi connectivity index (χ0n) is 44.4. The number of nitrogens with one attached hydrogen (secondary N) is 10. The highest BCUT2D eigenvalue weighted by Crippen LogP contribution is 2.09. The zero-order chi connectivity index (χ0) is 59.8. The van der Waals surface area contributed by atoms with Crippen LogP contribution in [0.2, 0.25) is 0 Å². The Balaban J connectivity index is 3.40. The van der Waals surface area contributed by atoms with Gasteiger partial charge in [-0.15, -0.1) is 0 Å². The van der Waals surface area contributed by atoms with Crippen LogP contribution in [0.5, 0.6) is 0 Å². The van der Waals surface area contributed by atoms with Gasteiger partial charge in [-0.3, -0.25) is 62.5 Å². The van der Waals surface area contributed by atoms with Gasteiger partial charge in [-0.2, -0.15) is 0 Å². The van der Waals surface area contributed by atoms with Crippen molar-refractivity contribution < 1.29 is 77.3 Å². The van der Waals surface area contributed by atoms with Crippen molar-refractivity contribution in [2.45, 2.75) is 146 Å². The summed E-state index contributed by atoms with van der Waals surface area (Å²) in [6.07, 6.45) is -0.138. The molecule has 0 saturated carbocycles. The van der Waals surface area contributed by atoms with Crippen molar-refractivity contribution in [2.24, 2.45) is 39.4 Å². The number of carbonyl (C=O) groups is 12. The first-order chi connectivity index (χ1) is 37.2. The third-order valence-corrected chi connectivity index (χ3v) is 11.4. The van der Waals surface area contributed by atoms with Crippen molar-refractivity contribution in [2.75, 3.05) is 39.3 Å². The lowest BCUT2D eigenvalue weighted by Crippen LogP contribution is -2.61. The van der Waals surface area contributed by atoms with E-state index in [-0.39, 0.29) is 76.0 Å². The summed E-state index contributed by atoms with van der Waals surface area (Å²) in [5, 5.41) is 54.5. The average molecular weight is 1130 g/mol. The molecule has 0 radical (unpaired) electrons. The number of carbonyl (C=O) groups excluding carboxylic acids is 12. The molecule has 1 rings (SSSR count). The summed E-state index contributed by atoms with van der Waals surface area (Å²) in [5.74, 6) is -11.5. The van der Waals surface area contributed by atoms with Gasteiger partial charge in [-0.05, 0) is 84.7 Å². The number of nitrogens with two attached hydrogens (primary N) is 6. The Kier molecular flexibility index (Phi) is 32.2. The predicted molar refractivity (Wildman–Crippen MR) is 279 cm³/mol. The molecular formula is C46H79N17O16. The molecule has 25 N–H and O–H groups in total. The van der Waals surface area contributed by atoms with E-state index < -0.39 is 151 Å². The Morgan fingerprint density at radius 2 is 1.10 bits per heavy atom. The first kappa shape index (κ1) is 69.0. The number of furan rings is 1. The molecule has 79 heavy (non-hydrogen) atoms. The van der Waals surface area contributed by atoms with Crippen LogP contribution < -0.4 is 87.6 Å². The maximum atomic E-state index is 14.2. The van der Waals surface area contributed by atoms with Crippen molar-refractivity contribution in [1.29, 1.82) is 0 Å². The molecule has 444 valence electrons. The fourth-order valence-electron chi connectivity index (χ4n) is 6.93. The van der Waals surface area contributed by atoms with Gasteiger partial charge in [-0.25, -0.2) is 0 Å². The highest BCUT2D eigenvalue weighted by Gasteiger charge is 2.35. The minimum atomic E-state index is -1.83. The van der Waals surface area contributed by atoms with E-state index in [2.05, 4.69) is 58.2 Å². The molecular weight excluding hydrogens is 1050 g/mol. The van der Waals surface area contributed by atoms with Crippen LogP contribution in [-0.2, 0) is 52.7 Å². The minimum absolute atomic E-state index is 0.0370. The van der Waals surface area contributed by atoms with Crippen molar-refractivity contribution >= 4 is 76.8 Å². The van der Waals surface area contributed by atoms with E-state index in [4.69, 9.17) is 38.8 Å². The fraction of sp³-hybridized carbons (Fsp3) is 0.630. The van der Waals surface area contributed by atoms with Crippen LogP contribution in [0.4, 0.5) is 0 Å². The van der Waals surface area contributed by atoms with Crippen LogP contribution in [0.1, 0.15) is 95.3 Å². The Bertz CT molecular complexity index is 2230. The predicted octanol–water partition coefficient (Wildman–Crippen LogP) is -9.16. The molecule has 1 aromatic rings. The summed E-state index contributed by atoms with van der Waals surface area (Å²) in [7, 11) is 0. The maximum Gasteiger partial charge on any atom is 0.254 e. The van der Waals surface area contributed by atoms with Gasteiger partial charge in [-0.1, -0.05) is 6.42 Å². The molecule has 0 aliphatic carbocycles. The van der Waals surface area contributed by atoms with Crippen LogP contribution in [0.15, 0.2) is 28.0 Å². The molecule has 1 heterocycles. The Morgan fingerprint density at radius 1 is 0.570 bits per heavy atom. The third kappa shape index (κ3) is 27.7. The number of rotatable bonds is 39. The molecule has 0 aliphatic heterocycles. The summed E-state index contributed by atoms with van der Waals surface area (Å²) >= 11 is 0. The van der Waals surface area contributed by atoms with Gasteiger partial charge in [0.15, 0.2) is 5.96 Å². The number of aliphatic hydroxyl groups excluding tert-OH is 3. The first-order valence-electron chi connectivity index (χ1n) is 25.2. The van der Waals surface area contributed by atoms with E-state index in [1.807, 2.05) is 0 Å². The molecule has 0 fully saturated rings. The smallest absolute Gasteiger partial charge is 0.254 e. The second kappa shape index (κ2) is 36.9. The minimum Gasteiger partial charge on any atom is -0.472 e. The lowest BCUT2D eigenvalue weighted by atomic mass is 10.0. The topological polar surface area (TPSA) is 567 Å². The van der Waals surface area contributed by atoms with Gasteiger partial charge in [0.1, 0.15) is 48.6 Å². The normalized spacial score (nSPS) is 14.7. The van der Waals surface area contributed by atoms with Crippen LogP contribution in [0, 0.1) is 0 Å². The van der Waals surface area contributed by atoms with E-state index in [0.717, 1.165) is 13.8 Å². The Morgan fingerprint density at radius 3 is 1.65 bits per heavy atom. The lowest BCUT2D eigenvalue weighted by molar-refractivity contribution is -0.137. The first-order valence-corrected chi connectivity index (χ1v) is 25.2. The molecule has 33 nitrogen and oxygen atoms in total. The highest BCUT2D eigenvalue weighted by molar-refractivity contribution is 5.98. The third-order valence-electron chi connectivity index (χ3n) is 11.4. The molecule has 0 saturated heterocycles. The number of guanidine groups is 1. The van der Waals surface area contributed by atoms with Gasteiger partial charge in [0.2, 0.25) is 65.0 Å². The number of aliphatic hydroxyl groups is 3. The van der Waals surface area contributed by atoms with E-state index >= 15 is 0 Å². The van der Waals surface area contributed by atoms with E-state index in [1.54, 1.807) is 0 Å². The largest absolute Gasteiger partial charge is 0.472 e. The number of hydrogen-bond acceptors (Lipinski definition) is 19. The Labute approximate surface area is 454 Å². The van der Waals surface area contributed by atoms with Crippen molar-refractivity contribution in [3.63, 3.8) is 0 Å². The Hall–Kier alpha value is -8.01. The second-order valence-electron chi connectivity index (χ2n) is 18.2. The fourth-order valence-corrected chi connectivity index (χ4v) is 6.93. The number of aliphatic imine (C=N–C) groups is 1. The van der Waals surface area contributed by atoms with Crippen molar-refractivity contribution in [3.8, 4) is 0 Å². The van der Waals surface area contributed by atoms with Crippen LogP contribution in [-0.4, -0.2) is 192 Å². The summed E-state index contributed by atoms with van der Waals surface area (Å²) in [6, 6.07) is -11.0. The SMILES string of the molecule is C[C@H](NC(=O)[C@@H](NC(=O)[C@H](CCC(N)=O)NC(=O)[C@@H](N)CCCCN)[C@@H](C)O)C(=O)N[C@@H](CCCN=C(N)N)C(=O)N[C@@H](CCCCNC(=O)c1ccoc1)C(=O)N[C@@H](CO)C(=O)N[C@H](C(=O)NCC(=O)NCC(N)=O)[C@@H](C)O. The monoisotopic (exact) mass is 1130 g/mol. The lowest BCUT2D eigenvalue weighted by Gasteiger charge is -2.28. The summed E-state index contributed by atoms with van der Waals surface area (Å²) in [6.45, 7) is 1.49. The van der Waals surface area contributed by atoms with E-state index in [0.29, 0.717) is 19.4 Å². The number of amides is 12. The summed E-state index contributed by atoms with van der Waals surface area (Å²) < 4.78 is 4.92. The molecule has 0 aliphatic rings. The summed E-state index contributed by atoms with van der Waals surface area (Å²) in [4.78, 5) is 159. The van der Waals surface area contributed by atoms with E-state index in [9.17, 15) is 72.9 Å². The second-order valence-corrected chi connectivity index (χ2v) is 18.2. The molecule has 10 atom stereocenters. The quantitative estimate of drug-likeness (QED) is 0.0165. The molecule has 0 spiro atoms. The molecule has 0 aromatic carbocycles. The number of nitrogens with zero attached hydrogens (tertiary/aromatic N) is 1. The molecule has 0 bridgehead atoms. The van der Waals surface area contributed by atoms with Gasteiger partial charge in [0, 0.05) is 19.5 Å². The standard InChI is InChI=1S/C46H79N17O16/c1-23(57-45(78)36(25(3)66)63-42(75)30(12-13-32(49)67)59-39(72)27(48)9-4-6-15-47)37(70)58-29(11-8-17-54-46(51)52)40(73)60-28(10-5-7-16-53-38(71)26-14-18-79-22-26)41(74)61-31(21-64)43(76)62-35(24(2)65)44(77)56-20-34(69)55-19-33(50)68/h14,18,22-25,27-31,35-36,64-66H,4-13,15-17,19-21,47-48H2,1-3H3,(H2,49,67)(H2,50,68)(H,53,71)(H,55,69)(H,56,77)(H,57,78)(H,58,70)(H,59,72)(H,60,73)(H,61,74)(H,62,76)(H,63,75)(H4,51,52,54)/t23-,24+,25+,27-,28-,29-,30-,31-,35-,36-/m0/s1. The zero-order valence-corrected chi connectivity index (χ0v) is 44.4. The van der Waals surface area contributed by atoms with Crippen LogP contribution in [0.3, 0.4) is 0 Å². The van der Waals surface area contributed by atoms with Crippen LogP contribution in [0.25, 0.3) is 0 Å².